The standard InChI is InChI=1S/C16H18N2O3/c1-4-18(15(19)11(2)12(3)16(20)21)10-14-8-6-5-7-13(14)9-17/h5-8H,4,10H2,1-3H3,(H,20,21). The third kappa shape index (κ3) is 3.93. The Bertz CT molecular complexity index is 627. The molecule has 5 nitrogen and oxygen atoms in total. The summed E-state index contributed by atoms with van der Waals surface area (Å²) >= 11 is 0. The van der Waals surface area contributed by atoms with Crippen molar-refractivity contribution in [2.24, 2.45) is 0 Å². The Kier molecular flexibility index (Phi) is 5.67. The Balaban J connectivity index is 3.05. The number of likely N-dealkylation sites (N-methyl/N-ethyl adjacent to an activating group) is 1. The third-order valence-corrected chi connectivity index (χ3v) is 3.37. The molecule has 0 unspecified atom stereocenters. The van der Waals surface area contributed by atoms with Crippen molar-refractivity contribution in [2.75, 3.05) is 6.54 Å². The molecule has 5 heteroatoms. The van der Waals surface area contributed by atoms with E-state index >= 15 is 0 Å². The molecule has 0 saturated heterocycles. The summed E-state index contributed by atoms with van der Waals surface area (Å²) in [4.78, 5) is 24.8. The second kappa shape index (κ2) is 7.25. The van der Waals surface area contributed by atoms with Crippen molar-refractivity contribution >= 4 is 11.9 Å². The maximum absolute atomic E-state index is 12.3. The van der Waals surface area contributed by atoms with Gasteiger partial charge < -0.3 is 10.0 Å². The Labute approximate surface area is 124 Å². The van der Waals surface area contributed by atoms with Crippen LogP contribution in [0.5, 0.6) is 0 Å². The lowest BCUT2D eigenvalue weighted by Crippen LogP contribution is -2.32. The van der Waals surface area contributed by atoms with Crippen LogP contribution in [0.1, 0.15) is 31.9 Å². The smallest absolute Gasteiger partial charge is 0.331 e. The maximum atomic E-state index is 12.3. The zero-order valence-corrected chi connectivity index (χ0v) is 12.4. The SMILES string of the molecule is CCN(Cc1ccccc1C#N)C(=O)C(C)=C(C)C(=O)O. The van der Waals surface area contributed by atoms with Gasteiger partial charge in [0, 0.05) is 24.2 Å². The lowest BCUT2D eigenvalue weighted by atomic mass is 10.1. The molecule has 1 N–H and O–H groups in total. The van der Waals surface area contributed by atoms with Crippen LogP contribution in [-0.2, 0) is 16.1 Å². The number of carboxylic acid groups (broad SMARTS) is 1. The first-order chi connectivity index (χ1) is 9.92. The minimum Gasteiger partial charge on any atom is -0.478 e. The quantitative estimate of drug-likeness (QED) is 0.842. The topological polar surface area (TPSA) is 81.4 Å². The predicted octanol–water partition coefficient (Wildman–Crippen LogP) is 2.33. The third-order valence-electron chi connectivity index (χ3n) is 3.37. The van der Waals surface area contributed by atoms with Gasteiger partial charge in [-0.1, -0.05) is 18.2 Å². The number of carboxylic acids is 1. The van der Waals surface area contributed by atoms with E-state index in [-0.39, 0.29) is 23.6 Å². The van der Waals surface area contributed by atoms with Crippen molar-refractivity contribution in [1.29, 1.82) is 5.26 Å². The molecule has 0 aromatic heterocycles. The molecular formula is C16H18N2O3. The molecule has 0 fully saturated rings. The lowest BCUT2D eigenvalue weighted by Gasteiger charge is -2.22. The van der Waals surface area contributed by atoms with Gasteiger partial charge in [-0.25, -0.2) is 4.79 Å². The van der Waals surface area contributed by atoms with Crippen molar-refractivity contribution in [2.45, 2.75) is 27.3 Å². The van der Waals surface area contributed by atoms with Gasteiger partial charge in [-0.15, -0.1) is 0 Å². The monoisotopic (exact) mass is 286 g/mol. The first kappa shape index (κ1) is 16.4. The Hall–Kier alpha value is -2.61. The molecule has 1 aromatic rings. The highest BCUT2D eigenvalue weighted by Gasteiger charge is 2.19. The van der Waals surface area contributed by atoms with Gasteiger partial charge in [0.1, 0.15) is 0 Å². The molecule has 0 saturated carbocycles. The van der Waals surface area contributed by atoms with Crippen molar-refractivity contribution in [3.63, 3.8) is 0 Å². The minimum atomic E-state index is -1.10. The van der Waals surface area contributed by atoms with Crippen LogP contribution in [0.3, 0.4) is 0 Å². The van der Waals surface area contributed by atoms with Gasteiger partial charge in [0.15, 0.2) is 0 Å². The van der Waals surface area contributed by atoms with Crippen LogP contribution < -0.4 is 0 Å². The van der Waals surface area contributed by atoms with Crippen LogP contribution in [0.2, 0.25) is 0 Å². The van der Waals surface area contributed by atoms with E-state index in [0.717, 1.165) is 5.56 Å². The second-order valence-corrected chi connectivity index (χ2v) is 4.64. The fourth-order valence-electron chi connectivity index (χ4n) is 1.86. The minimum absolute atomic E-state index is 0.0343. The van der Waals surface area contributed by atoms with E-state index in [4.69, 9.17) is 10.4 Å². The fraction of sp³-hybridized carbons (Fsp3) is 0.312. The Morgan fingerprint density at radius 3 is 2.38 bits per heavy atom. The summed E-state index contributed by atoms with van der Waals surface area (Å²) in [5, 5.41) is 18.0. The number of rotatable bonds is 5. The number of aliphatic carboxylic acids is 1. The van der Waals surface area contributed by atoms with Crippen LogP contribution in [0, 0.1) is 11.3 Å². The van der Waals surface area contributed by atoms with E-state index in [9.17, 15) is 9.59 Å². The van der Waals surface area contributed by atoms with Crippen LogP contribution in [0.4, 0.5) is 0 Å². The highest BCUT2D eigenvalue weighted by molar-refractivity contribution is 6.01. The van der Waals surface area contributed by atoms with E-state index in [0.29, 0.717) is 12.1 Å². The number of nitriles is 1. The van der Waals surface area contributed by atoms with Gasteiger partial charge >= 0.3 is 5.97 Å². The predicted molar refractivity (Wildman–Crippen MR) is 78.3 cm³/mol. The van der Waals surface area contributed by atoms with E-state index in [1.165, 1.54) is 18.7 Å². The number of benzene rings is 1. The molecule has 0 heterocycles. The summed E-state index contributed by atoms with van der Waals surface area (Å²) in [6.45, 7) is 5.44. The number of carbonyl (C=O) groups is 2. The highest BCUT2D eigenvalue weighted by atomic mass is 16.4. The largest absolute Gasteiger partial charge is 0.478 e. The van der Waals surface area contributed by atoms with Gasteiger partial charge in [0.25, 0.3) is 0 Å². The molecule has 0 aliphatic rings. The first-order valence-electron chi connectivity index (χ1n) is 6.60. The normalized spacial score (nSPS) is 11.3. The molecule has 0 aliphatic carbocycles. The summed E-state index contributed by atoms with van der Waals surface area (Å²) in [7, 11) is 0. The van der Waals surface area contributed by atoms with Crippen molar-refractivity contribution < 1.29 is 14.7 Å². The second-order valence-electron chi connectivity index (χ2n) is 4.64. The van der Waals surface area contributed by atoms with Crippen LogP contribution in [-0.4, -0.2) is 28.4 Å². The zero-order valence-electron chi connectivity index (χ0n) is 12.4. The van der Waals surface area contributed by atoms with E-state index in [2.05, 4.69) is 6.07 Å². The van der Waals surface area contributed by atoms with Gasteiger partial charge in [-0.2, -0.15) is 5.26 Å². The molecule has 0 bridgehead atoms. The molecule has 1 aromatic carbocycles. The van der Waals surface area contributed by atoms with Crippen LogP contribution in [0.15, 0.2) is 35.4 Å². The first-order valence-corrected chi connectivity index (χ1v) is 6.60. The number of hydrogen-bond donors (Lipinski definition) is 1. The van der Waals surface area contributed by atoms with Crippen molar-refractivity contribution in [3.05, 3.63) is 46.5 Å². The summed E-state index contributed by atoms with van der Waals surface area (Å²) in [5.74, 6) is -1.43. The molecule has 0 aliphatic heterocycles. The molecule has 0 atom stereocenters. The summed E-state index contributed by atoms with van der Waals surface area (Å²) in [6.07, 6.45) is 0. The van der Waals surface area contributed by atoms with E-state index in [1.807, 2.05) is 6.92 Å². The molecule has 1 rings (SSSR count). The van der Waals surface area contributed by atoms with Gasteiger partial charge in [-0.05, 0) is 32.4 Å². The van der Waals surface area contributed by atoms with E-state index < -0.39 is 5.97 Å². The molecule has 21 heavy (non-hydrogen) atoms. The van der Waals surface area contributed by atoms with Crippen molar-refractivity contribution in [3.8, 4) is 6.07 Å². The van der Waals surface area contributed by atoms with Gasteiger partial charge in [0.05, 0.1) is 11.6 Å². The van der Waals surface area contributed by atoms with Gasteiger partial charge in [0.2, 0.25) is 5.91 Å². The molecule has 0 spiro atoms. The molecular weight excluding hydrogens is 268 g/mol. The average molecular weight is 286 g/mol. The number of carbonyl (C=O) groups excluding carboxylic acids is 1. The number of hydrogen-bond acceptors (Lipinski definition) is 3. The number of amides is 1. The number of nitrogens with zero attached hydrogens (tertiary/aromatic N) is 2. The van der Waals surface area contributed by atoms with Crippen LogP contribution >= 0.6 is 0 Å². The Morgan fingerprint density at radius 1 is 1.24 bits per heavy atom. The summed E-state index contributed by atoms with van der Waals surface area (Å²) in [5.41, 5.74) is 1.50. The average Bonchev–Trinajstić information content (AvgIpc) is 2.50. The summed E-state index contributed by atoms with van der Waals surface area (Å²) in [6, 6.07) is 9.14. The highest BCUT2D eigenvalue weighted by Crippen LogP contribution is 2.14. The Morgan fingerprint density at radius 2 is 1.86 bits per heavy atom. The zero-order chi connectivity index (χ0) is 16.0. The maximum Gasteiger partial charge on any atom is 0.331 e. The fourth-order valence-corrected chi connectivity index (χ4v) is 1.86. The van der Waals surface area contributed by atoms with Crippen molar-refractivity contribution in [1.82, 2.24) is 4.90 Å². The molecule has 1 amide bonds. The lowest BCUT2D eigenvalue weighted by molar-refractivity contribution is -0.134. The van der Waals surface area contributed by atoms with E-state index in [1.54, 1.807) is 24.3 Å². The van der Waals surface area contributed by atoms with Gasteiger partial charge in [-0.3, -0.25) is 4.79 Å². The molecule has 110 valence electrons. The summed E-state index contributed by atoms with van der Waals surface area (Å²) < 4.78 is 0. The van der Waals surface area contributed by atoms with Crippen LogP contribution in [0.25, 0.3) is 0 Å². The molecule has 0 radical (unpaired) electrons.